The van der Waals surface area contributed by atoms with E-state index in [9.17, 15) is 4.79 Å². The monoisotopic (exact) mass is 450 g/mol. The van der Waals surface area contributed by atoms with Crippen LogP contribution >= 0.6 is 22.6 Å². The van der Waals surface area contributed by atoms with Crippen molar-refractivity contribution in [3.8, 4) is 11.3 Å². The van der Waals surface area contributed by atoms with Crippen LogP contribution in [0.25, 0.3) is 16.9 Å². The molecule has 6 nitrogen and oxygen atoms in total. The summed E-state index contributed by atoms with van der Waals surface area (Å²) in [6.07, 6.45) is 5.11. The van der Waals surface area contributed by atoms with Crippen LogP contribution in [-0.4, -0.2) is 28.7 Å². The second kappa shape index (κ2) is 9.16. The number of anilines is 1. The first-order valence-corrected chi connectivity index (χ1v) is 8.85. The van der Waals surface area contributed by atoms with Crippen LogP contribution in [0.3, 0.4) is 0 Å². The summed E-state index contributed by atoms with van der Waals surface area (Å²) >= 11 is 2.27. The second-order valence-corrected chi connectivity index (χ2v) is 5.96. The van der Waals surface area contributed by atoms with Crippen molar-refractivity contribution in [3.05, 3.63) is 52.4 Å². The lowest BCUT2D eigenvalue weighted by Crippen LogP contribution is -2.02. The number of nitrogens with zero attached hydrogens (tertiary/aromatic N) is 3. The summed E-state index contributed by atoms with van der Waals surface area (Å²) < 4.78 is 7.62. The third-order valence-electron chi connectivity index (χ3n) is 3.16. The third kappa shape index (κ3) is 5.02. The number of carbonyl (C=O) groups excluding carboxylic acids is 1. The van der Waals surface area contributed by atoms with Crippen molar-refractivity contribution in [1.29, 1.82) is 0 Å². The topological polar surface area (TPSA) is 68.0 Å². The number of rotatable bonds is 4. The highest BCUT2D eigenvalue weighted by Crippen LogP contribution is 2.21. The maximum absolute atomic E-state index is 10.9. The second-order valence-electron chi connectivity index (χ2n) is 4.71. The molecule has 0 atom stereocenters. The molecule has 0 bridgehead atoms. The van der Waals surface area contributed by atoms with E-state index >= 15 is 0 Å². The fraction of sp³-hybridized carbons (Fsp3) is 0.167. The van der Waals surface area contributed by atoms with E-state index < -0.39 is 5.97 Å². The summed E-state index contributed by atoms with van der Waals surface area (Å²) in [5.41, 5.74) is 6.35. The molecule has 2 aromatic heterocycles. The minimum atomic E-state index is -0.506. The molecule has 0 fully saturated rings. The van der Waals surface area contributed by atoms with Gasteiger partial charge in [-0.3, -0.25) is 5.43 Å². The molecule has 25 heavy (non-hydrogen) atoms. The van der Waals surface area contributed by atoms with Crippen molar-refractivity contribution in [1.82, 2.24) is 9.38 Å². The molecular formula is C18H19IN4O2. The Morgan fingerprint density at radius 2 is 1.92 bits per heavy atom. The number of hydrazone groups is 1. The first-order chi connectivity index (χ1) is 12.2. The number of aromatic nitrogens is 2. The number of nitrogens with one attached hydrogen (secondary N) is 1. The van der Waals surface area contributed by atoms with Crippen LogP contribution in [0.4, 0.5) is 5.69 Å². The van der Waals surface area contributed by atoms with Gasteiger partial charge < -0.3 is 9.14 Å². The lowest BCUT2D eigenvalue weighted by atomic mass is 10.1. The smallest absolute Gasteiger partial charge is 0.350 e. The van der Waals surface area contributed by atoms with Gasteiger partial charge in [0.25, 0.3) is 0 Å². The number of carbonyl (C=O) groups is 1. The van der Waals surface area contributed by atoms with E-state index in [1.165, 1.54) is 7.11 Å². The van der Waals surface area contributed by atoms with Gasteiger partial charge in [-0.25, -0.2) is 9.78 Å². The molecule has 0 saturated heterocycles. The minimum Gasteiger partial charge on any atom is -0.465 e. The average Bonchev–Trinajstić information content (AvgIpc) is 3.07. The number of benzene rings is 1. The van der Waals surface area contributed by atoms with E-state index in [0.717, 1.165) is 32.4 Å². The Kier molecular flexibility index (Phi) is 6.93. The van der Waals surface area contributed by atoms with Crippen LogP contribution in [0.2, 0.25) is 0 Å². The van der Waals surface area contributed by atoms with Crippen molar-refractivity contribution in [2.45, 2.75) is 13.8 Å². The summed E-state index contributed by atoms with van der Waals surface area (Å²) in [6, 6.07) is 11.7. The van der Waals surface area contributed by atoms with Crippen LogP contribution in [0.15, 0.2) is 53.9 Å². The van der Waals surface area contributed by atoms with Gasteiger partial charge in [-0.2, -0.15) is 5.10 Å². The number of hydrogen-bond acceptors (Lipinski definition) is 5. The Bertz CT molecular complexity index is 872. The van der Waals surface area contributed by atoms with E-state index in [-0.39, 0.29) is 0 Å². The van der Waals surface area contributed by atoms with Gasteiger partial charge in [0, 0.05) is 21.5 Å². The number of imidazole rings is 1. The fourth-order valence-electron chi connectivity index (χ4n) is 2.03. The lowest BCUT2D eigenvalue weighted by molar-refractivity contribution is -0.132. The molecular weight excluding hydrogens is 431 g/mol. The molecule has 3 aromatic rings. The van der Waals surface area contributed by atoms with Gasteiger partial charge in [0.15, 0.2) is 0 Å². The molecule has 0 radical (unpaired) electrons. The zero-order valence-electron chi connectivity index (χ0n) is 14.2. The Labute approximate surface area is 160 Å². The van der Waals surface area contributed by atoms with Crippen molar-refractivity contribution < 1.29 is 9.53 Å². The molecule has 1 aromatic carbocycles. The zero-order chi connectivity index (χ0) is 18.2. The molecule has 3 rings (SSSR count). The molecule has 130 valence electrons. The summed E-state index contributed by atoms with van der Waals surface area (Å²) in [5, 5.41) is 3.79. The number of halogens is 1. The quantitative estimate of drug-likeness (QED) is 0.280. The molecule has 0 aliphatic heterocycles. The van der Waals surface area contributed by atoms with Crippen LogP contribution in [0, 0.1) is 3.57 Å². The molecule has 0 aliphatic carbocycles. The van der Waals surface area contributed by atoms with Gasteiger partial charge >= 0.3 is 5.97 Å². The summed E-state index contributed by atoms with van der Waals surface area (Å²) in [5.74, 6) is -0.506. The summed E-state index contributed by atoms with van der Waals surface area (Å²) in [6.45, 7) is 4.00. The predicted molar refractivity (Wildman–Crippen MR) is 109 cm³/mol. The van der Waals surface area contributed by atoms with E-state index in [1.54, 1.807) is 0 Å². The minimum absolute atomic E-state index is 0.506. The lowest BCUT2D eigenvalue weighted by Gasteiger charge is -2.01. The highest BCUT2D eigenvalue weighted by atomic mass is 127. The van der Waals surface area contributed by atoms with Crippen molar-refractivity contribution in [2.24, 2.45) is 5.10 Å². The summed E-state index contributed by atoms with van der Waals surface area (Å²) in [4.78, 5) is 15.5. The predicted octanol–water partition coefficient (Wildman–Crippen LogP) is 4.20. The first kappa shape index (κ1) is 18.9. The van der Waals surface area contributed by atoms with Crippen LogP contribution in [-0.2, 0) is 9.53 Å². The van der Waals surface area contributed by atoms with Crippen molar-refractivity contribution in [2.75, 3.05) is 12.5 Å². The van der Waals surface area contributed by atoms with Gasteiger partial charge in [-0.15, -0.1) is 0 Å². The number of methoxy groups -OCH3 is 1. The average molecular weight is 450 g/mol. The zero-order valence-corrected chi connectivity index (χ0v) is 16.4. The number of esters is 1. The highest BCUT2D eigenvalue weighted by Gasteiger charge is 2.04. The van der Waals surface area contributed by atoms with E-state index in [2.05, 4.69) is 42.8 Å². The number of pyridine rings is 1. The first-order valence-electron chi connectivity index (χ1n) is 7.77. The maximum Gasteiger partial charge on any atom is 0.350 e. The molecule has 0 spiro atoms. The molecule has 0 aliphatic rings. The van der Waals surface area contributed by atoms with Gasteiger partial charge in [0.1, 0.15) is 11.9 Å². The highest BCUT2D eigenvalue weighted by molar-refractivity contribution is 14.1. The Balaban J connectivity index is 0.00000109. The van der Waals surface area contributed by atoms with Gasteiger partial charge in [-0.1, -0.05) is 26.0 Å². The molecule has 1 N–H and O–H groups in total. The fourth-order valence-corrected chi connectivity index (χ4v) is 2.51. The van der Waals surface area contributed by atoms with Crippen molar-refractivity contribution in [3.63, 3.8) is 0 Å². The maximum atomic E-state index is 10.9. The molecule has 0 saturated carbocycles. The van der Waals surface area contributed by atoms with Crippen molar-refractivity contribution >= 4 is 46.1 Å². The standard InChI is InChI=1S/C16H13IN4O2.C2H6/c1-23-16(22)8-18-20-13-5-2-11(3-6-13)14-10-21-9-12(17)4-7-15(21)19-14;1-2/h2-10,20H,1H3;1-2H3/b18-8+;. The Morgan fingerprint density at radius 1 is 1.20 bits per heavy atom. The SMILES string of the molecule is CC.COC(=O)/C=N/Nc1ccc(-c2cn3cc(I)ccc3n2)cc1. The molecule has 2 heterocycles. The molecule has 0 unspecified atom stereocenters. The van der Waals surface area contributed by atoms with E-state index in [0.29, 0.717) is 0 Å². The summed E-state index contributed by atoms with van der Waals surface area (Å²) in [7, 11) is 1.30. The van der Waals surface area contributed by atoms with Crippen LogP contribution in [0.1, 0.15) is 13.8 Å². The Hall–Kier alpha value is -2.42. The molecule has 0 amide bonds. The normalized spacial score (nSPS) is 10.4. The van der Waals surface area contributed by atoms with Gasteiger partial charge in [0.2, 0.25) is 0 Å². The number of hydrogen-bond donors (Lipinski definition) is 1. The van der Waals surface area contributed by atoms with Gasteiger partial charge in [0.05, 0.1) is 18.5 Å². The number of fused-ring (bicyclic) bond motifs is 1. The third-order valence-corrected chi connectivity index (χ3v) is 3.80. The van der Waals surface area contributed by atoms with Gasteiger partial charge in [-0.05, 0) is 46.9 Å². The van der Waals surface area contributed by atoms with E-state index in [4.69, 9.17) is 0 Å². The molecule has 7 heteroatoms. The largest absolute Gasteiger partial charge is 0.465 e. The van der Waals surface area contributed by atoms with E-state index in [1.807, 2.05) is 67.0 Å². The van der Waals surface area contributed by atoms with Crippen LogP contribution in [0.5, 0.6) is 0 Å². The van der Waals surface area contributed by atoms with Crippen LogP contribution < -0.4 is 5.43 Å². The Morgan fingerprint density at radius 3 is 2.60 bits per heavy atom. The number of ether oxygens (including phenoxy) is 1.